The molecule has 1 aromatic rings. The Labute approximate surface area is 111 Å². The van der Waals surface area contributed by atoms with Crippen LogP contribution in [0.1, 0.15) is 5.56 Å². The van der Waals surface area contributed by atoms with Gasteiger partial charge in [0.05, 0.1) is 4.92 Å². The molecule has 1 saturated heterocycles. The molecule has 1 aliphatic heterocycles. The highest BCUT2D eigenvalue weighted by Gasteiger charge is 2.17. The van der Waals surface area contributed by atoms with E-state index in [1.54, 1.807) is 12.1 Å². The average molecular weight is 270 g/mol. The minimum absolute atomic E-state index is 0.0108. The van der Waals surface area contributed by atoms with Gasteiger partial charge in [0.15, 0.2) is 0 Å². The summed E-state index contributed by atoms with van der Waals surface area (Å²) < 4.78 is 0. The Balaban J connectivity index is 2.05. The second-order valence-corrected chi connectivity index (χ2v) is 5.03. The molecule has 98 valence electrons. The molecule has 0 amide bonds. The van der Waals surface area contributed by atoms with Crippen LogP contribution >= 0.6 is 11.6 Å². The first-order valence-electron chi connectivity index (χ1n) is 5.90. The zero-order chi connectivity index (χ0) is 13.1. The monoisotopic (exact) mass is 269 g/mol. The molecule has 0 unspecified atom stereocenters. The van der Waals surface area contributed by atoms with E-state index in [4.69, 9.17) is 11.6 Å². The van der Waals surface area contributed by atoms with Crippen molar-refractivity contribution in [2.24, 2.45) is 0 Å². The first kappa shape index (κ1) is 13.3. The number of halogens is 1. The van der Waals surface area contributed by atoms with E-state index < -0.39 is 4.92 Å². The highest BCUT2D eigenvalue weighted by Crippen LogP contribution is 2.25. The van der Waals surface area contributed by atoms with Crippen molar-refractivity contribution < 1.29 is 4.92 Å². The van der Waals surface area contributed by atoms with Gasteiger partial charge in [0.1, 0.15) is 5.02 Å². The summed E-state index contributed by atoms with van der Waals surface area (Å²) in [5.74, 6) is 0. The molecule has 18 heavy (non-hydrogen) atoms. The predicted octanol–water partition coefficient (Wildman–Crippen LogP) is 2.00. The van der Waals surface area contributed by atoms with Gasteiger partial charge in [-0.15, -0.1) is 0 Å². The molecule has 0 radical (unpaired) electrons. The van der Waals surface area contributed by atoms with E-state index in [-0.39, 0.29) is 10.7 Å². The highest BCUT2D eigenvalue weighted by atomic mass is 35.5. The molecule has 0 bridgehead atoms. The Morgan fingerprint density at radius 3 is 2.61 bits per heavy atom. The summed E-state index contributed by atoms with van der Waals surface area (Å²) in [6.45, 7) is 4.80. The minimum atomic E-state index is -0.435. The van der Waals surface area contributed by atoms with Gasteiger partial charge < -0.3 is 4.90 Å². The van der Waals surface area contributed by atoms with Crippen LogP contribution in [0.5, 0.6) is 0 Å². The quantitative estimate of drug-likeness (QED) is 0.622. The summed E-state index contributed by atoms with van der Waals surface area (Å²) in [6, 6.07) is 5.03. The molecule has 0 saturated carbocycles. The van der Waals surface area contributed by atoms with Gasteiger partial charge in [-0.3, -0.25) is 15.0 Å². The van der Waals surface area contributed by atoms with Gasteiger partial charge in [0, 0.05) is 38.8 Å². The zero-order valence-corrected chi connectivity index (χ0v) is 11.1. The Kier molecular flexibility index (Phi) is 4.16. The number of nitro groups is 1. The van der Waals surface area contributed by atoms with Crippen LogP contribution in [-0.2, 0) is 6.54 Å². The fourth-order valence-electron chi connectivity index (χ4n) is 2.06. The third-order valence-corrected chi connectivity index (χ3v) is 3.53. The second kappa shape index (κ2) is 5.65. The molecule has 0 aliphatic carbocycles. The summed E-state index contributed by atoms with van der Waals surface area (Å²) in [6.07, 6.45) is 0. The summed E-state index contributed by atoms with van der Waals surface area (Å²) in [4.78, 5) is 15.0. The first-order valence-corrected chi connectivity index (χ1v) is 6.28. The summed E-state index contributed by atoms with van der Waals surface area (Å²) in [7, 11) is 2.10. The number of likely N-dealkylation sites (N-methyl/N-ethyl adjacent to an activating group) is 1. The van der Waals surface area contributed by atoms with Gasteiger partial charge in [0.25, 0.3) is 5.69 Å². The molecule has 0 atom stereocenters. The van der Waals surface area contributed by atoms with Crippen molar-refractivity contribution in [3.8, 4) is 0 Å². The topological polar surface area (TPSA) is 49.6 Å². The number of rotatable bonds is 3. The van der Waals surface area contributed by atoms with Gasteiger partial charge in [-0.1, -0.05) is 17.7 Å². The van der Waals surface area contributed by atoms with E-state index in [1.165, 1.54) is 0 Å². The maximum Gasteiger partial charge on any atom is 0.288 e. The van der Waals surface area contributed by atoms with Crippen molar-refractivity contribution in [2.75, 3.05) is 33.2 Å². The van der Waals surface area contributed by atoms with E-state index in [2.05, 4.69) is 16.8 Å². The average Bonchev–Trinajstić information content (AvgIpc) is 2.34. The van der Waals surface area contributed by atoms with E-state index in [0.29, 0.717) is 0 Å². The van der Waals surface area contributed by atoms with E-state index in [9.17, 15) is 10.1 Å². The molecule has 1 aromatic carbocycles. The van der Waals surface area contributed by atoms with Crippen LogP contribution in [-0.4, -0.2) is 47.9 Å². The summed E-state index contributed by atoms with van der Waals surface area (Å²) in [5, 5.41) is 11.0. The Hall–Kier alpha value is -1.17. The molecule has 1 fully saturated rings. The normalized spacial score (nSPS) is 17.9. The molecule has 1 heterocycles. The summed E-state index contributed by atoms with van der Waals surface area (Å²) in [5.41, 5.74) is 0.930. The Bertz CT molecular complexity index is 445. The smallest absolute Gasteiger partial charge is 0.288 e. The standard InChI is InChI=1S/C12H16ClN3O2/c1-14-4-6-15(7-5-14)9-10-2-3-11(13)12(8-10)16(17)18/h2-3,8H,4-7,9H2,1H3. The van der Waals surface area contributed by atoms with E-state index in [1.807, 2.05) is 6.07 Å². The Morgan fingerprint density at radius 1 is 1.33 bits per heavy atom. The van der Waals surface area contributed by atoms with Crippen LogP contribution < -0.4 is 0 Å². The van der Waals surface area contributed by atoms with Crippen molar-refractivity contribution in [3.05, 3.63) is 38.9 Å². The van der Waals surface area contributed by atoms with Crippen LogP contribution in [0.3, 0.4) is 0 Å². The lowest BCUT2D eigenvalue weighted by Crippen LogP contribution is -2.43. The SMILES string of the molecule is CN1CCN(Cc2ccc(Cl)c([N+](=O)[O-])c2)CC1. The largest absolute Gasteiger partial charge is 0.304 e. The fraction of sp³-hybridized carbons (Fsp3) is 0.500. The number of nitro benzene ring substituents is 1. The minimum Gasteiger partial charge on any atom is -0.304 e. The third-order valence-electron chi connectivity index (χ3n) is 3.21. The van der Waals surface area contributed by atoms with Gasteiger partial charge in [-0.25, -0.2) is 0 Å². The van der Waals surface area contributed by atoms with Crippen molar-refractivity contribution in [1.29, 1.82) is 0 Å². The lowest BCUT2D eigenvalue weighted by molar-refractivity contribution is -0.384. The molecule has 0 spiro atoms. The number of piperazine rings is 1. The van der Waals surface area contributed by atoms with Gasteiger partial charge in [-0.05, 0) is 18.7 Å². The molecule has 2 rings (SSSR count). The molecule has 0 N–H and O–H groups in total. The van der Waals surface area contributed by atoms with Crippen LogP contribution in [0.2, 0.25) is 5.02 Å². The van der Waals surface area contributed by atoms with Crippen molar-refractivity contribution >= 4 is 17.3 Å². The van der Waals surface area contributed by atoms with E-state index in [0.717, 1.165) is 38.3 Å². The van der Waals surface area contributed by atoms with Gasteiger partial charge in [0.2, 0.25) is 0 Å². The fourth-order valence-corrected chi connectivity index (χ4v) is 2.25. The zero-order valence-electron chi connectivity index (χ0n) is 10.3. The molecule has 5 nitrogen and oxygen atoms in total. The van der Waals surface area contributed by atoms with Crippen molar-refractivity contribution in [2.45, 2.75) is 6.54 Å². The molecular formula is C12H16ClN3O2. The van der Waals surface area contributed by atoms with Crippen LogP contribution in [0.25, 0.3) is 0 Å². The van der Waals surface area contributed by atoms with Crippen LogP contribution in [0.4, 0.5) is 5.69 Å². The highest BCUT2D eigenvalue weighted by molar-refractivity contribution is 6.32. The number of nitrogens with zero attached hydrogens (tertiary/aromatic N) is 3. The lowest BCUT2D eigenvalue weighted by Gasteiger charge is -2.32. The van der Waals surface area contributed by atoms with Crippen molar-refractivity contribution in [3.63, 3.8) is 0 Å². The Morgan fingerprint density at radius 2 is 2.00 bits per heavy atom. The summed E-state index contributed by atoms with van der Waals surface area (Å²) >= 11 is 5.79. The van der Waals surface area contributed by atoms with E-state index >= 15 is 0 Å². The first-order chi connectivity index (χ1) is 8.56. The number of benzene rings is 1. The van der Waals surface area contributed by atoms with Gasteiger partial charge in [-0.2, -0.15) is 0 Å². The maximum atomic E-state index is 10.8. The van der Waals surface area contributed by atoms with Crippen LogP contribution in [0.15, 0.2) is 18.2 Å². The van der Waals surface area contributed by atoms with Crippen LogP contribution in [0, 0.1) is 10.1 Å². The molecule has 0 aromatic heterocycles. The lowest BCUT2D eigenvalue weighted by atomic mass is 10.1. The predicted molar refractivity (Wildman–Crippen MR) is 70.9 cm³/mol. The maximum absolute atomic E-state index is 10.8. The second-order valence-electron chi connectivity index (χ2n) is 4.62. The van der Waals surface area contributed by atoms with Gasteiger partial charge >= 0.3 is 0 Å². The third kappa shape index (κ3) is 3.19. The molecule has 6 heteroatoms. The number of hydrogen-bond acceptors (Lipinski definition) is 4. The molecular weight excluding hydrogens is 254 g/mol. The number of hydrogen-bond donors (Lipinski definition) is 0. The van der Waals surface area contributed by atoms with Crippen molar-refractivity contribution in [1.82, 2.24) is 9.80 Å². The molecule has 1 aliphatic rings.